The van der Waals surface area contributed by atoms with Crippen molar-refractivity contribution < 1.29 is 9.59 Å². The van der Waals surface area contributed by atoms with Crippen LogP contribution in [0, 0.1) is 0 Å². The zero-order chi connectivity index (χ0) is 19.1. The molecule has 0 unspecified atom stereocenters. The summed E-state index contributed by atoms with van der Waals surface area (Å²) in [4.78, 5) is 24.3. The Morgan fingerprint density at radius 1 is 0.741 bits per heavy atom. The Kier molecular flexibility index (Phi) is 6.07. The molecule has 6 heteroatoms. The van der Waals surface area contributed by atoms with E-state index in [1.807, 2.05) is 24.3 Å². The van der Waals surface area contributed by atoms with Gasteiger partial charge in [0.2, 0.25) is 5.91 Å². The van der Waals surface area contributed by atoms with Gasteiger partial charge in [-0.1, -0.05) is 35.9 Å². The lowest BCUT2D eigenvalue weighted by Crippen LogP contribution is -2.21. The lowest BCUT2D eigenvalue weighted by Gasteiger charge is -2.10. The van der Waals surface area contributed by atoms with Gasteiger partial charge in [0.1, 0.15) is 0 Å². The highest BCUT2D eigenvalue weighted by Crippen LogP contribution is 2.17. The Balaban J connectivity index is 1.55. The van der Waals surface area contributed by atoms with Crippen LogP contribution in [0.5, 0.6) is 0 Å². The van der Waals surface area contributed by atoms with E-state index < -0.39 is 0 Å². The molecule has 2 amide bonds. The van der Waals surface area contributed by atoms with Crippen molar-refractivity contribution in [3.05, 3.63) is 89.4 Å². The number of rotatable bonds is 6. The molecule has 136 valence electrons. The first-order chi connectivity index (χ1) is 13.1. The van der Waals surface area contributed by atoms with E-state index in [2.05, 4.69) is 16.0 Å². The number of hydrogen-bond acceptors (Lipinski definition) is 3. The minimum atomic E-state index is -0.187. The topological polar surface area (TPSA) is 70.2 Å². The van der Waals surface area contributed by atoms with Crippen LogP contribution in [-0.2, 0) is 4.79 Å². The Labute approximate surface area is 162 Å². The fraction of sp³-hybridized carbons (Fsp3) is 0.0476. The van der Waals surface area contributed by atoms with Gasteiger partial charge in [0.15, 0.2) is 0 Å². The molecule has 3 N–H and O–H groups in total. The van der Waals surface area contributed by atoms with E-state index in [-0.39, 0.29) is 18.4 Å². The molecule has 0 radical (unpaired) electrons. The van der Waals surface area contributed by atoms with Gasteiger partial charge >= 0.3 is 0 Å². The second-order valence-electron chi connectivity index (χ2n) is 5.81. The minimum absolute atomic E-state index is 0.0959. The van der Waals surface area contributed by atoms with Crippen LogP contribution < -0.4 is 16.0 Å². The molecule has 0 bridgehead atoms. The molecule has 0 spiro atoms. The maximum atomic E-state index is 12.2. The lowest BCUT2D eigenvalue weighted by molar-refractivity contribution is -0.114. The molecule has 0 fully saturated rings. The van der Waals surface area contributed by atoms with Crippen LogP contribution in [0.3, 0.4) is 0 Å². The molecule has 0 saturated carbocycles. The third-order valence-corrected chi connectivity index (χ3v) is 3.99. The van der Waals surface area contributed by atoms with Crippen LogP contribution in [-0.4, -0.2) is 18.4 Å². The van der Waals surface area contributed by atoms with Crippen molar-refractivity contribution in [3.63, 3.8) is 0 Å². The monoisotopic (exact) mass is 379 g/mol. The van der Waals surface area contributed by atoms with Crippen molar-refractivity contribution in [3.8, 4) is 0 Å². The SMILES string of the molecule is O=C(CNc1cccc(NC(=O)c2ccccc2)c1)Nc1ccc(Cl)cc1. The van der Waals surface area contributed by atoms with Crippen molar-refractivity contribution in [1.29, 1.82) is 0 Å². The molecule has 0 saturated heterocycles. The van der Waals surface area contributed by atoms with Gasteiger partial charge in [-0.05, 0) is 54.6 Å². The first kappa shape index (κ1) is 18.5. The molecule has 0 aliphatic carbocycles. The molecular weight excluding hydrogens is 362 g/mol. The predicted octanol–water partition coefficient (Wildman–Crippen LogP) is 4.64. The third-order valence-electron chi connectivity index (χ3n) is 3.74. The minimum Gasteiger partial charge on any atom is -0.376 e. The van der Waals surface area contributed by atoms with Crippen molar-refractivity contribution in [2.75, 3.05) is 22.5 Å². The number of hydrogen-bond donors (Lipinski definition) is 3. The van der Waals surface area contributed by atoms with Gasteiger partial charge in [0.05, 0.1) is 6.54 Å². The van der Waals surface area contributed by atoms with Crippen LogP contribution in [0.15, 0.2) is 78.9 Å². The van der Waals surface area contributed by atoms with Crippen LogP contribution in [0.4, 0.5) is 17.1 Å². The Morgan fingerprint density at radius 3 is 2.19 bits per heavy atom. The van der Waals surface area contributed by atoms with Crippen LogP contribution in [0.1, 0.15) is 10.4 Å². The van der Waals surface area contributed by atoms with Crippen LogP contribution in [0.25, 0.3) is 0 Å². The predicted molar refractivity (Wildman–Crippen MR) is 109 cm³/mol. The van der Waals surface area contributed by atoms with Crippen molar-refractivity contribution in [1.82, 2.24) is 0 Å². The quantitative estimate of drug-likeness (QED) is 0.584. The average molecular weight is 380 g/mol. The maximum Gasteiger partial charge on any atom is 0.255 e. The highest BCUT2D eigenvalue weighted by molar-refractivity contribution is 6.30. The zero-order valence-corrected chi connectivity index (χ0v) is 15.2. The number of carbonyl (C=O) groups excluding carboxylic acids is 2. The second-order valence-corrected chi connectivity index (χ2v) is 6.25. The van der Waals surface area contributed by atoms with Crippen molar-refractivity contribution in [2.45, 2.75) is 0 Å². The van der Waals surface area contributed by atoms with E-state index in [4.69, 9.17) is 11.6 Å². The summed E-state index contributed by atoms with van der Waals surface area (Å²) in [7, 11) is 0. The summed E-state index contributed by atoms with van der Waals surface area (Å²) in [5.41, 5.74) is 2.63. The molecule has 27 heavy (non-hydrogen) atoms. The molecular formula is C21H18ClN3O2. The van der Waals surface area contributed by atoms with Gasteiger partial charge in [-0.2, -0.15) is 0 Å². The van der Waals surface area contributed by atoms with Gasteiger partial charge in [-0.25, -0.2) is 0 Å². The molecule has 3 aromatic rings. The molecule has 0 aliphatic rings. The first-order valence-electron chi connectivity index (χ1n) is 8.36. The normalized spacial score (nSPS) is 10.1. The van der Waals surface area contributed by atoms with Crippen molar-refractivity contribution in [2.24, 2.45) is 0 Å². The number of halogens is 1. The lowest BCUT2D eigenvalue weighted by atomic mass is 10.2. The highest BCUT2D eigenvalue weighted by atomic mass is 35.5. The van der Waals surface area contributed by atoms with Gasteiger partial charge < -0.3 is 16.0 Å². The number of anilines is 3. The fourth-order valence-corrected chi connectivity index (χ4v) is 2.55. The van der Waals surface area contributed by atoms with E-state index in [1.54, 1.807) is 54.6 Å². The summed E-state index contributed by atoms with van der Waals surface area (Å²) < 4.78 is 0. The highest BCUT2D eigenvalue weighted by Gasteiger charge is 2.06. The Bertz CT molecular complexity index is 928. The van der Waals surface area contributed by atoms with E-state index in [1.165, 1.54) is 0 Å². The van der Waals surface area contributed by atoms with Crippen LogP contribution >= 0.6 is 11.6 Å². The van der Waals surface area contributed by atoms with E-state index in [9.17, 15) is 9.59 Å². The zero-order valence-electron chi connectivity index (χ0n) is 14.4. The summed E-state index contributed by atoms with van der Waals surface area (Å²) in [6, 6.07) is 23.1. The summed E-state index contributed by atoms with van der Waals surface area (Å²) in [5.74, 6) is -0.371. The van der Waals surface area contributed by atoms with Gasteiger partial charge in [-0.15, -0.1) is 0 Å². The molecule has 0 heterocycles. The smallest absolute Gasteiger partial charge is 0.255 e. The van der Waals surface area contributed by atoms with Crippen LogP contribution in [0.2, 0.25) is 5.02 Å². The second kappa shape index (κ2) is 8.87. The van der Waals surface area contributed by atoms with Gasteiger partial charge in [0.25, 0.3) is 5.91 Å². The molecule has 0 atom stereocenters. The number of nitrogens with one attached hydrogen (secondary N) is 3. The van der Waals surface area contributed by atoms with Gasteiger partial charge in [0, 0.05) is 27.6 Å². The van der Waals surface area contributed by atoms with E-state index in [0.717, 1.165) is 5.69 Å². The Morgan fingerprint density at radius 2 is 1.44 bits per heavy atom. The average Bonchev–Trinajstić information content (AvgIpc) is 2.69. The molecule has 3 aromatic carbocycles. The standard InChI is InChI=1S/C21H18ClN3O2/c22-16-9-11-17(12-10-16)24-20(26)14-23-18-7-4-8-19(13-18)25-21(27)15-5-2-1-3-6-15/h1-13,23H,14H2,(H,24,26)(H,25,27). The summed E-state index contributed by atoms with van der Waals surface area (Å²) in [6.45, 7) is 0.0959. The molecule has 3 rings (SSSR count). The van der Waals surface area contributed by atoms with Crippen molar-refractivity contribution >= 4 is 40.5 Å². The van der Waals surface area contributed by atoms with Gasteiger partial charge in [-0.3, -0.25) is 9.59 Å². The molecule has 0 aromatic heterocycles. The molecule has 5 nitrogen and oxygen atoms in total. The van der Waals surface area contributed by atoms with E-state index in [0.29, 0.717) is 22.0 Å². The first-order valence-corrected chi connectivity index (χ1v) is 8.74. The maximum absolute atomic E-state index is 12.2. The number of benzene rings is 3. The summed E-state index contributed by atoms with van der Waals surface area (Å²) in [5, 5.41) is 9.27. The fourth-order valence-electron chi connectivity index (χ4n) is 2.42. The summed E-state index contributed by atoms with van der Waals surface area (Å²) >= 11 is 5.82. The number of carbonyl (C=O) groups is 2. The summed E-state index contributed by atoms with van der Waals surface area (Å²) in [6.07, 6.45) is 0. The molecule has 0 aliphatic heterocycles. The Hall–Kier alpha value is -3.31. The number of amides is 2. The largest absolute Gasteiger partial charge is 0.376 e. The van der Waals surface area contributed by atoms with E-state index >= 15 is 0 Å². The third kappa shape index (κ3) is 5.59.